The number of halogens is 1. The molecule has 0 saturated heterocycles. The predicted octanol–water partition coefficient (Wildman–Crippen LogP) is 2.28. The van der Waals surface area contributed by atoms with Gasteiger partial charge in [-0.15, -0.1) is 0 Å². The monoisotopic (exact) mass is 269 g/mol. The summed E-state index contributed by atoms with van der Waals surface area (Å²) in [6, 6.07) is 0. The van der Waals surface area contributed by atoms with Crippen LogP contribution in [0.15, 0.2) is 4.99 Å². The molecule has 0 aromatic rings. The van der Waals surface area contributed by atoms with E-state index in [2.05, 4.69) is 27.6 Å². The Hall–Kier alpha value is -0.130. The number of amides is 1. The van der Waals surface area contributed by atoms with Gasteiger partial charge in [0, 0.05) is 10.6 Å². The second-order valence-electron chi connectivity index (χ2n) is 2.33. The molecule has 0 unspecified atom stereocenters. The first-order chi connectivity index (χ1) is 5.16. The van der Waals surface area contributed by atoms with Crippen LogP contribution in [0.5, 0.6) is 0 Å². The molecule has 4 heteroatoms. The van der Waals surface area contributed by atoms with Crippen LogP contribution >= 0.6 is 22.6 Å². The van der Waals surface area contributed by atoms with Crippen LogP contribution in [0.4, 0.5) is 4.79 Å². The molecule has 0 rings (SSSR count). The molecule has 0 atom stereocenters. The van der Waals surface area contributed by atoms with Gasteiger partial charge in [0.05, 0.1) is 0 Å². The van der Waals surface area contributed by atoms with Gasteiger partial charge in [0.2, 0.25) is 0 Å². The number of carbonyl (C=O) groups is 1. The van der Waals surface area contributed by atoms with Crippen molar-refractivity contribution < 1.29 is 9.53 Å². The van der Waals surface area contributed by atoms with Crippen molar-refractivity contribution in [2.24, 2.45) is 10.9 Å². The molecular formula is C7H12INO2. The largest absolute Gasteiger partial charge is 0.447 e. The summed E-state index contributed by atoms with van der Waals surface area (Å²) in [6.45, 7) is 4.35. The van der Waals surface area contributed by atoms with E-state index >= 15 is 0 Å². The Morgan fingerprint density at radius 3 is 2.82 bits per heavy atom. The van der Waals surface area contributed by atoms with Gasteiger partial charge in [0.25, 0.3) is 0 Å². The Balaban J connectivity index is 3.51. The number of nitrogens with zero attached hydrogens (tertiary/aromatic N) is 1. The molecule has 0 N–H and O–H groups in total. The van der Waals surface area contributed by atoms with E-state index in [4.69, 9.17) is 4.74 Å². The van der Waals surface area contributed by atoms with Gasteiger partial charge in [-0.3, -0.25) is 0 Å². The van der Waals surface area contributed by atoms with Gasteiger partial charge in [-0.25, -0.2) is 4.79 Å². The molecule has 0 saturated carbocycles. The lowest BCUT2D eigenvalue weighted by Gasteiger charge is -1.96. The molecule has 0 aliphatic rings. The molecule has 0 aromatic carbocycles. The van der Waals surface area contributed by atoms with Gasteiger partial charge in [0.1, 0.15) is 6.61 Å². The summed E-state index contributed by atoms with van der Waals surface area (Å²) < 4.78 is 5.50. The topological polar surface area (TPSA) is 38.7 Å². The van der Waals surface area contributed by atoms with Gasteiger partial charge in [-0.2, -0.15) is 4.99 Å². The zero-order chi connectivity index (χ0) is 8.69. The van der Waals surface area contributed by atoms with Crippen LogP contribution in [0.1, 0.15) is 13.8 Å². The number of rotatable bonds is 3. The minimum Gasteiger partial charge on any atom is -0.447 e. The van der Waals surface area contributed by atoms with Gasteiger partial charge in [-0.1, -0.05) is 36.4 Å². The highest BCUT2D eigenvalue weighted by atomic mass is 127. The minimum absolute atomic E-state index is 0.294. The maximum Gasteiger partial charge on any atom is 0.433 e. The van der Waals surface area contributed by atoms with E-state index in [0.717, 1.165) is 4.43 Å². The summed E-state index contributed by atoms with van der Waals surface area (Å²) in [7, 11) is 0. The van der Waals surface area contributed by atoms with Crippen LogP contribution in [-0.4, -0.2) is 23.3 Å². The van der Waals surface area contributed by atoms with Crippen molar-refractivity contribution in [2.45, 2.75) is 13.8 Å². The quantitative estimate of drug-likeness (QED) is 0.448. The van der Waals surface area contributed by atoms with Crippen molar-refractivity contribution in [3.63, 3.8) is 0 Å². The molecule has 0 fully saturated rings. The van der Waals surface area contributed by atoms with Crippen LogP contribution in [0.2, 0.25) is 0 Å². The van der Waals surface area contributed by atoms with Gasteiger partial charge in [0.15, 0.2) is 0 Å². The van der Waals surface area contributed by atoms with Crippen molar-refractivity contribution in [3.05, 3.63) is 0 Å². The Labute approximate surface area is 80.4 Å². The van der Waals surface area contributed by atoms with Crippen LogP contribution < -0.4 is 0 Å². The Morgan fingerprint density at radius 2 is 2.36 bits per heavy atom. The highest BCUT2D eigenvalue weighted by molar-refractivity contribution is 14.1. The van der Waals surface area contributed by atoms with E-state index < -0.39 is 6.09 Å². The van der Waals surface area contributed by atoms with Crippen LogP contribution in [0.25, 0.3) is 0 Å². The molecule has 64 valence electrons. The fourth-order valence-corrected chi connectivity index (χ4v) is 0.593. The lowest BCUT2D eigenvalue weighted by Crippen LogP contribution is -2.02. The Kier molecular flexibility index (Phi) is 6.49. The SMILES string of the molecule is CC(C)C=NC(=O)OCCI. The molecule has 0 aromatic heterocycles. The lowest BCUT2D eigenvalue weighted by molar-refractivity contribution is 0.165. The first-order valence-corrected chi connectivity index (χ1v) is 4.96. The summed E-state index contributed by atoms with van der Waals surface area (Å²) in [5.41, 5.74) is 0. The van der Waals surface area contributed by atoms with E-state index in [0.29, 0.717) is 12.5 Å². The number of hydrogen-bond acceptors (Lipinski definition) is 2. The molecule has 1 amide bonds. The van der Waals surface area contributed by atoms with E-state index in [1.165, 1.54) is 0 Å². The molecule has 0 aliphatic carbocycles. The summed E-state index contributed by atoms with van der Waals surface area (Å²) in [4.78, 5) is 14.3. The maximum atomic E-state index is 10.7. The first kappa shape index (κ1) is 10.9. The van der Waals surface area contributed by atoms with Crippen molar-refractivity contribution in [3.8, 4) is 0 Å². The number of aliphatic imine (C=N–C) groups is 1. The molecule has 0 heterocycles. The van der Waals surface area contributed by atoms with Gasteiger partial charge >= 0.3 is 6.09 Å². The standard InChI is InChI=1S/C7H12INO2/c1-6(2)5-9-7(10)11-4-3-8/h5-6H,3-4H2,1-2H3. The highest BCUT2D eigenvalue weighted by Gasteiger charge is 1.96. The zero-order valence-electron chi connectivity index (χ0n) is 6.71. The van der Waals surface area contributed by atoms with Crippen molar-refractivity contribution in [1.29, 1.82) is 0 Å². The van der Waals surface area contributed by atoms with E-state index in [1.807, 2.05) is 13.8 Å². The minimum atomic E-state index is -0.490. The normalized spacial score (nSPS) is 10.9. The van der Waals surface area contributed by atoms with Crippen LogP contribution in [0, 0.1) is 5.92 Å². The number of hydrogen-bond donors (Lipinski definition) is 0. The zero-order valence-corrected chi connectivity index (χ0v) is 8.87. The Morgan fingerprint density at radius 1 is 1.73 bits per heavy atom. The van der Waals surface area contributed by atoms with Crippen molar-refractivity contribution in [2.75, 3.05) is 11.0 Å². The third kappa shape index (κ3) is 7.77. The molecule has 0 bridgehead atoms. The lowest BCUT2D eigenvalue weighted by atomic mass is 10.3. The summed E-state index contributed by atoms with van der Waals surface area (Å²) in [6.07, 6.45) is 1.09. The average Bonchev–Trinajstić information content (AvgIpc) is 1.97. The molecular weight excluding hydrogens is 257 g/mol. The first-order valence-electron chi connectivity index (χ1n) is 3.43. The maximum absolute atomic E-state index is 10.7. The third-order valence-corrected chi connectivity index (χ3v) is 1.22. The smallest absolute Gasteiger partial charge is 0.433 e. The molecule has 11 heavy (non-hydrogen) atoms. The highest BCUT2D eigenvalue weighted by Crippen LogP contribution is 1.90. The van der Waals surface area contributed by atoms with Gasteiger partial charge in [-0.05, 0) is 5.92 Å². The summed E-state index contributed by atoms with van der Waals surface area (Å²) in [5.74, 6) is 0.294. The van der Waals surface area contributed by atoms with E-state index in [9.17, 15) is 4.79 Å². The summed E-state index contributed by atoms with van der Waals surface area (Å²) in [5, 5.41) is 0. The predicted molar refractivity (Wildman–Crippen MR) is 53.6 cm³/mol. The molecule has 0 aliphatic heterocycles. The molecule has 0 spiro atoms. The summed E-state index contributed by atoms with van der Waals surface area (Å²) >= 11 is 2.13. The number of carbonyl (C=O) groups excluding carboxylic acids is 1. The fraction of sp³-hybridized carbons (Fsp3) is 0.714. The number of alkyl halides is 1. The van der Waals surface area contributed by atoms with Crippen molar-refractivity contribution in [1.82, 2.24) is 0 Å². The second kappa shape index (κ2) is 6.57. The average molecular weight is 269 g/mol. The number of ether oxygens (including phenoxy) is 1. The van der Waals surface area contributed by atoms with E-state index in [1.54, 1.807) is 6.21 Å². The van der Waals surface area contributed by atoms with Crippen LogP contribution in [-0.2, 0) is 4.74 Å². The second-order valence-corrected chi connectivity index (χ2v) is 3.40. The van der Waals surface area contributed by atoms with Crippen molar-refractivity contribution >= 4 is 34.9 Å². The molecule has 0 radical (unpaired) electrons. The van der Waals surface area contributed by atoms with E-state index in [-0.39, 0.29) is 0 Å². The Bertz CT molecular complexity index is 145. The van der Waals surface area contributed by atoms with Gasteiger partial charge < -0.3 is 4.74 Å². The van der Waals surface area contributed by atoms with Crippen LogP contribution in [0.3, 0.4) is 0 Å². The molecule has 3 nitrogen and oxygen atoms in total. The fourth-order valence-electron chi connectivity index (χ4n) is 0.373. The third-order valence-electron chi connectivity index (χ3n) is 0.781.